The molecule has 0 amide bonds. The molecule has 1 heterocycles. The van der Waals surface area contributed by atoms with Crippen molar-refractivity contribution in [2.45, 2.75) is 6.92 Å². The van der Waals surface area contributed by atoms with Crippen molar-refractivity contribution in [3.63, 3.8) is 0 Å². The molecule has 0 radical (unpaired) electrons. The molecule has 3 rings (SSSR count). The van der Waals surface area contributed by atoms with Gasteiger partial charge in [-0.1, -0.05) is 0 Å². The summed E-state index contributed by atoms with van der Waals surface area (Å²) in [4.78, 5) is 8.81. The van der Waals surface area contributed by atoms with Gasteiger partial charge in [0.15, 0.2) is 0 Å². The van der Waals surface area contributed by atoms with Gasteiger partial charge in [-0.2, -0.15) is 4.98 Å². The van der Waals surface area contributed by atoms with Gasteiger partial charge < -0.3 is 20.1 Å². The van der Waals surface area contributed by atoms with Gasteiger partial charge in [-0.25, -0.2) is 9.37 Å². The van der Waals surface area contributed by atoms with Crippen LogP contribution in [0.5, 0.6) is 11.5 Å². The molecule has 134 valence electrons. The normalized spacial score (nSPS) is 10.3. The second-order valence-corrected chi connectivity index (χ2v) is 5.54. The van der Waals surface area contributed by atoms with Crippen molar-refractivity contribution in [3.8, 4) is 11.5 Å². The van der Waals surface area contributed by atoms with Crippen molar-refractivity contribution < 1.29 is 13.9 Å². The average molecular weight is 354 g/mol. The van der Waals surface area contributed by atoms with Gasteiger partial charge in [0.25, 0.3) is 0 Å². The van der Waals surface area contributed by atoms with Crippen LogP contribution in [0.3, 0.4) is 0 Å². The van der Waals surface area contributed by atoms with Crippen LogP contribution in [0.25, 0.3) is 0 Å². The summed E-state index contributed by atoms with van der Waals surface area (Å²) in [6, 6.07) is 13.3. The molecule has 0 spiro atoms. The van der Waals surface area contributed by atoms with E-state index >= 15 is 0 Å². The van der Waals surface area contributed by atoms with Gasteiger partial charge in [0.1, 0.15) is 23.1 Å². The molecule has 26 heavy (non-hydrogen) atoms. The van der Waals surface area contributed by atoms with Crippen LogP contribution in [0.4, 0.5) is 27.5 Å². The summed E-state index contributed by atoms with van der Waals surface area (Å²) in [6.45, 7) is 1.87. The first kappa shape index (κ1) is 17.5. The highest BCUT2D eigenvalue weighted by atomic mass is 19.1. The minimum absolute atomic E-state index is 0.298. The fourth-order valence-corrected chi connectivity index (χ4v) is 2.40. The number of benzene rings is 2. The Balaban J connectivity index is 1.87. The first-order valence-electron chi connectivity index (χ1n) is 7.94. The second-order valence-electron chi connectivity index (χ2n) is 5.54. The molecule has 0 unspecified atom stereocenters. The molecule has 0 bridgehead atoms. The zero-order chi connectivity index (χ0) is 18.5. The molecule has 1 aromatic heterocycles. The average Bonchev–Trinajstić information content (AvgIpc) is 2.63. The molecule has 0 aliphatic carbocycles. The predicted octanol–water partition coefficient (Wildman–Crippen LogP) is 4.43. The quantitative estimate of drug-likeness (QED) is 0.683. The first-order valence-corrected chi connectivity index (χ1v) is 7.94. The summed E-state index contributed by atoms with van der Waals surface area (Å²) in [5.41, 5.74) is 2.19. The van der Waals surface area contributed by atoms with Gasteiger partial charge in [-0.15, -0.1) is 0 Å². The summed E-state index contributed by atoms with van der Waals surface area (Å²) >= 11 is 0. The molecule has 0 atom stereocenters. The monoisotopic (exact) mass is 354 g/mol. The number of nitrogens with zero attached hydrogens (tertiary/aromatic N) is 2. The molecule has 3 aromatic rings. The third kappa shape index (κ3) is 4.18. The molecule has 0 saturated heterocycles. The van der Waals surface area contributed by atoms with E-state index in [1.54, 1.807) is 26.4 Å². The predicted molar refractivity (Wildman–Crippen MR) is 99.3 cm³/mol. The van der Waals surface area contributed by atoms with Gasteiger partial charge in [-0.3, -0.25) is 0 Å². The fourth-order valence-electron chi connectivity index (χ4n) is 2.40. The lowest BCUT2D eigenvalue weighted by Gasteiger charge is -2.13. The van der Waals surface area contributed by atoms with E-state index in [-0.39, 0.29) is 5.82 Å². The van der Waals surface area contributed by atoms with Crippen molar-refractivity contribution in [1.82, 2.24) is 9.97 Å². The number of rotatable bonds is 6. The maximum atomic E-state index is 13.0. The largest absolute Gasteiger partial charge is 0.497 e. The Hall–Kier alpha value is -3.35. The van der Waals surface area contributed by atoms with Gasteiger partial charge in [0.2, 0.25) is 5.95 Å². The van der Waals surface area contributed by atoms with Gasteiger partial charge in [0.05, 0.1) is 19.9 Å². The number of hydrogen-bond donors (Lipinski definition) is 2. The first-order chi connectivity index (χ1) is 12.6. The molecule has 2 aromatic carbocycles. The third-order valence-corrected chi connectivity index (χ3v) is 3.62. The minimum atomic E-state index is -0.298. The topological polar surface area (TPSA) is 68.3 Å². The third-order valence-electron chi connectivity index (χ3n) is 3.62. The molecule has 0 saturated carbocycles. The second kappa shape index (κ2) is 7.69. The number of hydrogen-bond acceptors (Lipinski definition) is 6. The lowest BCUT2D eigenvalue weighted by Crippen LogP contribution is -2.03. The lowest BCUT2D eigenvalue weighted by atomic mass is 10.2. The standard InChI is InChI=1S/C19H19FN4O2/c1-12-10-18(23-16-11-15(25-2)8-9-17(16)26-3)24-19(21-12)22-14-6-4-13(20)5-7-14/h4-11H,1-3H3,(H2,21,22,23,24). The van der Waals surface area contributed by atoms with Crippen LogP contribution >= 0.6 is 0 Å². The van der Waals surface area contributed by atoms with Crippen LogP contribution in [0.1, 0.15) is 5.69 Å². The number of halogens is 1. The van der Waals surface area contributed by atoms with E-state index in [1.807, 2.05) is 31.2 Å². The number of aryl methyl sites for hydroxylation is 1. The number of aromatic nitrogens is 2. The molecule has 6 nitrogen and oxygen atoms in total. The van der Waals surface area contributed by atoms with E-state index in [4.69, 9.17) is 9.47 Å². The SMILES string of the molecule is COc1ccc(OC)c(Nc2cc(C)nc(Nc3ccc(F)cc3)n2)c1. The van der Waals surface area contributed by atoms with Crippen LogP contribution in [0, 0.1) is 12.7 Å². The minimum Gasteiger partial charge on any atom is -0.497 e. The van der Waals surface area contributed by atoms with E-state index in [1.165, 1.54) is 12.1 Å². The van der Waals surface area contributed by atoms with E-state index in [0.29, 0.717) is 29.0 Å². The van der Waals surface area contributed by atoms with E-state index in [9.17, 15) is 4.39 Å². The van der Waals surface area contributed by atoms with Crippen molar-refractivity contribution in [1.29, 1.82) is 0 Å². The van der Waals surface area contributed by atoms with Crippen LogP contribution in [-0.4, -0.2) is 24.2 Å². The molecular formula is C19H19FN4O2. The van der Waals surface area contributed by atoms with Gasteiger partial charge >= 0.3 is 0 Å². The Morgan fingerprint density at radius 2 is 1.65 bits per heavy atom. The summed E-state index contributed by atoms with van der Waals surface area (Å²) in [5.74, 6) is 2.06. The molecule has 0 fully saturated rings. The lowest BCUT2D eigenvalue weighted by molar-refractivity contribution is 0.405. The van der Waals surface area contributed by atoms with Crippen molar-refractivity contribution in [3.05, 3.63) is 60.0 Å². The van der Waals surface area contributed by atoms with Gasteiger partial charge in [-0.05, 0) is 43.3 Å². The number of anilines is 4. The number of methoxy groups -OCH3 is 2. The summed E-state index contributed by atoms with van der Waals surface area (Å²) < 4.78 is 23.7. The van der Waals surface area contributed by atoms with Crippen LogP contribution in [0.15, 0.2) is 48.5 Å². The Morgan fingerprint density at radius 1 is 0.885 bits per heavy atom. The van der Waals surface area contributed by atoms with E-state index < -0.39 is 0 Å². The maximum Gasteiger partial charge on any atom is 0.229 e. The van der Waals surface area contributed by atoms with E-state index in [2.05, 4.69) is 20.6 Å². The smallest absolute Gasteiger partial charge is 0.229 e. The highest BCUT2D eigenvalue weighted by Gasteiger charge is 2.08. The maximum absolute atomic E-state index is 13.0. The molecular weight excluding hydrogens is 335 g/mol. The molecule has 2 N–H and O–H groups in total. The highest BCUT2D eigenvalue weighted by Crippen LogP contribution is 2.31. The molecule has 7 heteroatoms. The van der Waals surface area contributed by atoms with Crippen LogP contribution < -0.4 is 20.1 Å². The Morgan fingerprint density at radius 3 is 2.35 bits per heavy atom. The Bertz CT molecular complexity index is 901. The summed E-state index contributed by atoms with van der Waals surface area (Å²) in [5, 5.41) is 6.28. The fraction of sp³-hybridized carbons (Fsp3) is 0.158. The zero-order valence-electron chi connectivity index (χ0n) is 14.7. The molecule has 0 aliphatic rings. The van der Waals surface area contributed by atoms with Crippen LogP contribution in [-0.2, 0) is 0 Å². The number of ether oxygens (including phenoxy) is 2. The summed E-state index contributed by atoms with van der Waals surface area (Å²) in [6.07, 6.45) is 0. The Labute approximate surface area is 151 Å². The number of nitrogens with one attached hydrogen (secondary N) is 2. The Kier molecular flexibility index (Phi) is 5.17. The van der Waals surface area contributed by atoms with E-state index in [0.717, 1.165) is 11.4 Å². The summed E-state index contributed by atoms with van der Waals surface area (Å²) in [7, 11) is 3.20. The van der Waals surface area contributed by atoms with Crippen molar-refractivity contribution >= 4 is 23.1 Å². The zero-order valence-corrected chi connectivity index (χ0v) is 14.7. The van der Waals surface area contributed by atoms with Crippen LogP contribution in [0.2, 0.25) is 0 Å². The highest BCUT2D eigenvalue weighted by molar-refractivity contribution is 5.67. The van der Waals surface area contributed by atoms with Gasteiger partial charge in [0, 0.05) is 23.5 Å². The molecule has 0 aliphatic heterocycles. The van der Waals surface area contributed by atoms with Crippen molar-refractivity contribution in [2.24, 2.45) is 0 Å². The van der Waals surface area contributed by atoms with Crippen molar-refractivity contribution in [2.75, 3.05) is 24.9 Å².